The van der Waals surface area contributed by atoms with Gasteiger partial charge in [-0.15, -0.1) is 0 Å². The highest BCUT2D eigenvalue weighted by atomic mass is 16.5. The number of nitrogens with zero attached hydrogens (tertiary/aromatic N) is 1. The Bertz CT molecular complexity index is 691. The van der Waals surface area contributed by atoms with Crippen molar-refractivity contribution in [3.63, 3.8) is 0 Å². The molecule has 0 spiro atoms. The van der Waals surface area contributed by atoms with Crippen LogP contribution in [-0.4, -0.2) is 49.7 Å². The largest absolute Gasteiger partial charge is 0.457 e. The molecular weight excluding hydrogens is 324 g/mol. The predicted octanol–water partition coefficient (Wildman–Crippen LogP) is 1.91. The Balaban J connectivity index is 1.44. The molecule has 1 aromatic carbocycles. The number of nitrogens with one attached hydrogen (secondary N) is 1. The first-order valence-electron chi connectivity index (χ1n) is 8.10. The first kappa shape index (κ1) is 17.2. The Morgan fingerprint density at radius 1 is 1.12 bits per heavy atom. The van der Waals surface area contributed by atoms with Gasteiger partial charge >= 0.3 is 5.97 Å². The monoisotopic (exact) mass is 344 g/mol. The summed E-state index contributed by atoms with van der Waals surface area (Å²) in [5.41, 5.74) is 1.83. The molecule has 1 aliphatic heterocycles. The molecule has 0 atom stereocenters. The Hall–Kier alpha value is -2.64. The summed E-state index contributed by atoms with van der Waals surface area (Å²) in [5.74, 6) is -0.998. The number of anilines is 1. The summed E-state index contributed by atoms with van der Waals surface area (Å²) >= 11 is 0. The molecule has 2 aromatic rings. The number of amides is 1. The van der Waals surface area contributed by atoms with E-state index in [1.807, 2.05) is 24.3 Å². The van der Waals surface area contributed by atoms with E-state index in [2.05, 4.69) is 10.2 Å². The van der Waals surface area contributed by atoms with Gasteiger partial charge in [0.15, 0.2) is 6.61 Å². The lowest BCUT2D eigenvalue weighted by Crippen LogP contribution is -2.35. The third-order valence-corrected chi connectivity index (χ3v) is 3.80. The Labute approximate surface area is 145 Å². The molecule has 1 fully saturated rings. The standard InChI is InChI=1S/C18H20N2O5/c21-17(13-25-18(22)16-2-1-9-24-16)19-15-5-3-14(4-6-15)12-20-7-10-23-11-8-20/h1-6,9H,7-8,10-13H2,(H,19,21). The molecular formula is C18H20N2O5. The number of carbonyl (C=O) groups is 2. The van der Waals surface area contributed by atoms with E-state index in [1.165, 1.54) is 17.9 Å². The lowest BCUT2D eigenvalue weighted by molar-refractivity contribution is -0.119. The van der Waals surface area contributed by atoms with E-state index >= 15 is 0 Å². The van der Waals surface area contributed by atoms with Crippen LogP contribution in [0.1, 0.15) is 16.1 Å². The number of morpholine rings is 1. The van der Waals surface area contributed by atoms with Crippen LogP contribution in [0.3, 0.4) is 0 Å². The van der Waals surface area contributed by atoms with Gasteiger partial charge in [-0.1, -0.05) is 12.1 Å². The predicted molar refractivity (Wildman–Crippen MR) is 90.2 cm³/mol. The second-order valence-electron chi connectivity index (χ2n) is 5.69. The number of carbonyl (C=O) groups excluding carboxylic acids is 2. The van der Waals surface area contributed by atoms with Crippen LogP contribution >= 0.6 is 0 Å². The molecule has 0 bridgehead atoms. The minimum Gasteiger partial charge on any atom is -0.457 e. The fourth-order valence-corrected chi connectivity index (χ4v) is 2.50. The summed E-state index contributed by atoms with van der Waals surface area (Å²) in [6, 6.07) is 10.7. The zero-order valence-corrected chi connectivity index (χ0v) is 13.8. The van der Waals surface area contributed by atoms with E-state index in [-0.39, 0.29) is 12.4 Å². The lowest BCUT2D eigenvalue weighted by atomic mass is 10.2. The number of hydrogen-bond donors (Lipinski definition) is 1. The summed E-state index contributed by atoms with van der Waals surface area (Å²) in [6.07, 6.45) is 1.37. The maximum absolute atomic E-state index is 11.8. The molecule has 0 unspecified atom stereocenters. The molecule has 7 heteroatoms. The van der Waals surface area contributed by atoms with Gasteiger partial charge in [0.1, 0.15) is 0 Å². The van der Waals surface area contributed by atoms with Gasteiger partial charge < -0.3 is 19.2 Å². The molecule has 1 aromatic heterocycles. The second kappa shape index (κ2) is 8.46. The van der Waals surface area contributed by atoms with E-state index in [4.69, 9.17) is 13.9 Å². The summed E-state index contributed by atoms with van der Waals surface area (Å²) in [5, 5.41) is 2.69. The van der Waals surface area contributed by atoms with E-state index in [1.54, 1.807) is 6.07 Å². The minimum absolute atomic E-state index is 0.0697. The highest BCUT2D eigenvalue weighted by Crippen LogP contribution is 2.12. The van der Waals surface area contributed by atoms with Crippen LogP contribution < -0.4 is 5.32 Å². The zero-order valence-electron chi connectivity index (χ0n) is 13.8. The lowest BCUT2D eigenvalue weighted by Gasteiger charge is -2.26. The molecule has 1 amide bonds. The molecule has 3 rings (SSSR count). The maximum atomic E-state index is 11.8. The Kier molecular flexibility index (Phi) is 5.81. The first-order chi connectivity index (χ1) is 12.2. The molecule has 2 heterocycles. The van der Waals surface area contributed by atoms with Gasteiger partial charge in [0.25, 0.3) is 5.91 Å². The van der Waals surface area contributed by atoms with Crippen LogP contribution in [0.4, 0.5) is 5.69 Å². The number of esters is 1. The van der Waals surface area contributed by atoms with Crippen LogP contribution in [0.25, 0.3) is 0 Å². The van der Waals surface area contributed by atoms with E-state index in [9.17, 15) is 9.59 Å². The number of ether oxygens (including phenoxy) is 2. The first-order valence-corrected chi connectivity index (χ1v) is 8.10. The molecule has 1 N–H and O–H groups in total. The van der Waals surface area contributed by atoms with Crippen LogP contribution in [0.5, 0.6) is 0 Å². The van der Waals surface area contributed by atoms with Crippen molar-refractivity contribution in [3.8, 4) is 0 Å². The minimum atomic E-state index is -0.666. The van der Waals surface area contributed by atoms with Crippen LogP contribution in [0, 0.1) is 0 Å². The fourth-order valence-electron chi connectivity index (χ4n) is 2.50. The Morgan fingerprint density at radius 2 is 1.88 bits per heavy atom. The SMILES string of the molecule is O=C(COC(=O)c1ccco1)Nc1ccc(CN2CCOCC2)cc1. The topological polar surface area (TPSA) is 81.0 Å². The van der Waals surface area contributed by atoms with Gasteiger partial charge in [-0.05, 0) is 29.8 Å². The second-order valence-corrected chi connectivity index (χ2v) is 5.69. The van der Waals surface area contributed by atoms with Crippen molar-refractivity contribution >= 4 is 17.6 Å². The Morgan fingerprint density at radius 3 is 2.56 bits per heavy atom. The molecule has 1 saturated heterocycles. The van der Waals surface area contributed by atoms with Gasteiger partial charge in [0.05, 0.1) is 19.5 Å². The van der Waals surface area contributed by atoms with Crippen molar-refractivity contribution in [2.75, 3.05) is 38.2 Å². The number of furan rings is 1. The summed E-state index contributed by atoms with van der Waals surface area (Å²) in [7, 11) is 0. The van der Waals surface area contributed by atoms with Crippen molar-refractivity contribution in [2.45, 2.75) is 6.54 Å². The fraction of sp³-hybridized carbons (Fsp3) is 0.333. The van der Waals surface area contributed by atoms with Crippen molar-refractivity contribution in [2.24, 2.45) is 0 Å². The van der Waals surface area contributed by atoms with Crippen LogP contribution in [0.15, 0.2) is 47.1 Å². The van der Waals surface area contributed by atoms with E-state index in [0.29, 0.717) is 5.69 Å². The molecule has 1 aliphatic rings. The number of hydrogen-bond acceptors (Lipinski definition) is 6. The van der Waals surface area contributed by atoms with Gasteiger partial charge in [-0.25, -0.2) is 4.79 Å². The van der Waals surface area contributed by atoms with Crippen molar-refractivity contribution in [1.82, 2.24) is 4.90 Å². The van der Waals surface area contributed by atoms with Gasteiger partial charge in [0, 0.05) is 25.3 Å². The average molecular weight is 344 g/mol. The van der Waals surface area contributed by atoms with Crippen molar-refractivity contribution in [1.29, 1.82) is 0 Å². The molecule has 0 radical (unpaired) electrons. The zero-order chi connectivity index (χ0) is 17.5. The van der Waals surface area contributed by atoms with Crippen LogP contribution in [-0.2, 0) is 20.8 Å². The summed E-state index contributed by atoms with van der Waals surface area (Å²) in [4.78, 5) is 25.8. The molecule has 0 aliphatic carbocycles. The van der Waals surface area contributed by atoms with Gasteiger partial charge in [0.2, 0.25) is 5.76 Å². The molecule has 25 heavy (non-hydrogen) atoms. The smallest absolute Gasteiger partial charge is 0.374 e. The van der Waals surface area contributed by atoms with E-state index in [0.717, 1.165) is 32.8 Å². The average Bonchev–Trinajstić information content (AvgIpc) is 3.17. The summed E-state index contributed by atoms with van der Waals surface area (Å²) < 4.78 is 15.1. The highest BCUT2D eigenvalue weighted by molar-refractivity contribution is 5.94. The van der Waals surface area contributed by atoms with Crippen LogP contribution in [0.2, 0.25) is 0 Å². The van der Waals surface area contributed by atoms with Gasteiger partial charge in [-0.3, -0.25) is 9.69 Å². The molecule has 7 nitrogen and oxygen atoms in total. The third kappa shape index (κ3) is 5.17. The normalized spacial score (nSPS) is 14.9. The van der Waals surface area contributed by atoms with Crippen molar-refractivity contribution in [3.05, 3.63) is 54.0 Å². The van der Waals surface area contributed by atoms with E-state index < -0.39 is 11.9 Å². The van der Waals surface area contributed by atoms with Gasteiger partial charge in [-0.2, -0.15) is 0 Å². The summed E-state index contributed by atoms with van der Waals surface area (Å²) in [6.45, 7) is 3.89. The number of rotatable bonds is 6. The number of benzene rings is 1. The van der Waals surface area contributed by atoms with Crippen molar-refractivity contribution < 1.29 is 23.5 Å². The maximum Gasteiger partial charge on any atom is 0.374 e. The molecule has 0 saturated carbocycles. The third-order valence-electron chi connectivity index (χ3n) is 3.80. The highest BCUT2D eigenvalue weighted by Gasteiger charge is 2.13. The molecule has 132 valence electrons. The quantitative estimate of drug-likeness (QED) is 0.806.